The minimum absolute atomic E-state index is 0.118. The van der Waals surface area contributed by atoms with Gasteiger partial charge in [-0.25, -0.2) is 0 Å². The second-order valence-corrected chi connectivity index (χ2v) is 4.55. The highest BCUT2D eigenvalue weighted by molar-refractivity contribution is 5.69. The summed E-state index contributed by atoms with van der Waals surface area (Å²) >= 11 is 0. The van der Waals surface area contributed by atoms with E-state index in [-0.39, 0.29) is 23.4 Å². The van der Waals surface area contributed by atoms with Crippen LogP contribution in [0.1, 0.15) is 33.6 Å². The van der Waals surface area contributed by atoms with Crippen LogP contribution in [0.15, 0.2) is 12.2 Å². The average molecular weight is 210 g/mol. The van der Waals surface area contributed by atoms with Crippen LogP contribution in [0, 0.1) is 11.3 Å². The summed E-state index contributed by atoms with van der Waals surface area (Å²) < 4.78 is 5.34. The molecule has 0 amide bonds. The Morgan fingerprint density at radius 1 is 1.60 bits per heavy atom. The Labute approximate surface area is 90.5 Å². The maximum Gasteiger partial charge on any atom is 0.305 e. The van der Waals surface area contributed by atoms with Crippen LogP contribution in [0.4, 0.5) is 0 Å². The molecule has 2 unspecified atom stereocenters. The van der Waals surface area contributed by atoms with Crippen LogP contribution in [0.25, 0.3) is 0 Å². The van der Waals surface area contributed by atoms with Gasteiger partial charge in [-0.15, -0.1) is 0 Å². The summed E-state index contributed by atoms with van der Waals surface area (Å²) in [6.07, 6.45) is 5.54. The number of allylic oxidation sites excluding steroid dienone is 1. The molecule has 1 rings (SSSR count). The summed E-state index contributed by atoms with van der Waals surface area (Å²) in [5.74, 6) is -0.319. The topological polar surface area (TPSA) is 43.4 Å². The van der Waals surface area contributed by atoms with Gasteiger partial charge in [-0.3, -0.25) is 4.79 Å². The number of carbonyl (C=O) groups excluding carboxylic acids is 2. The van der Waals surface area contributed by atoms with E-state index < -0.39 is 0 Å². The van der Waals surface area contributed by atoms with Gasteiger partial charge in [0.1, 0.15) is 12.4 Å². The Morgan fingerprint density at radius 3 is 2.80 bits per heavy atom. The number of rotatable bonds is 3. The highest BCUT2D eigenvalue weighted by atomic mass is 16.5. The van der Waals surface area contributed by atoms with Gasteiger partial charge < -0.3 is 9.53 Å². The normalized spacial score (nSPS) is 28.5. The second kappa shape index (κ2) is 4.60. The van der Waals surface area contributed by atoms with Crippen LogP contribution in [0.2, 0.25) is 0 Å². The van der Waals surface area contributed by atoms with Gasteiger partial charge in [0.2, 0.25) is 0 Å². The van der Waals surface area contributed by atoms with Crippen LogP contribution < -0.4 is 0 Å². The predicted molar refractivity (Wildman–Crippen MR) is 57.3 cm³/mol. The molecular formula is C12H18O3. The van der Waals surface area contributed by atoms with E-state index in [1.165, 1.54) is 0 Å². The molecule has 0 fully saturated rings. The van der Waals surface area contributed by atoms with Crippen molar-refractivity contribution in [2.24, 2.45) is 11.3 Å². The van der Waals surface area contributed by atoms with Gasteiger partial charge in [-0.1, -0.05) is 32.9 Å². The maximum atomic E-state index is 11.2. The molecule has 0 saturated carbocycles. The molecule has 0 aliphatic heterocycles. The lowest BCUT2D eigenvalue weighted by Crippen LogP contribution is -2.37. The lowest BCUT2D eigenvalue weighted by atomic mass is 9.76. The largest absolute Gasteiger partial charge is 0.461 e. The first-order valence-electron chi connectivity index (χ1n) is 5.33. The Kier molecular flexibility index (Phi) is 3.66. The molecule has 0 N–H and O–H groups in total. The van der Waals surface area contributed by atoms with E-state index in [0.29, 0.717) is 12.8 Å². The quantitative estimate of drug-likeness (QED) is 0.407. The Morgan fingerprint density at radius 2 is 2.27 bits per heavy atom. The first-order valence-corrected chi connectivity index (χ1v) is 5.33. The minimum Gasteiger partial charge on any atom is -0.461 e. The molecule has 1 aliphatic carbocycles. The van der Waals surface area contributed by atoms with Gasteiger partial charge in [0.15, 0.2) is 0 Å². The third-order valence-electron chi connectivity index (χ3n) is 2.83. The molecule has 84 valence electrons. The Balaban J connectivity index is 2.73. The lowest BCUT2D eigenvalue weighted by molar-refractivity contribution is -0.155. The molecule has 0 aromatic heterocycles. The fraction of sp³-hybridized carbons (Fsp3) is 0.667. The van der Waals surface area contributed by atoms with E-state index in [0.717, 1.165) is 6.29 Å². The Bertz CT molecular complexity index is 279. The van der Waals surface area contributed by atoms with Crippen molar-refractivity contribution in [1.29, 1.82) is 0 Å². The van der Waals surface area contributed by atoms with Crippen molar-refractivity contribution in [3.05, 3.63) is 12.2 Å². The van der Waals surface area contributed by atoms with Gasteiger partial charge in [-0.2, -0.15) is 0 Å². The summed E-state index contributed by atoms with van der Waals surface area (Å²) in [6.45, 7) is 5.79. The molecule has 15 heavy (non-hydrogen) atoms. The molecule has 0 heterocycles. The van der Waals surface area contributed by atoms with Gasteiger partial charge in [0.05, 0.1) is 0 Å². The number of carbonyl (C=O) groups is 2. The van der Waals surface area contributed by atoms with Crippen molar-refractivity contribution in [1.82, 2.24) is 0 Å². The highest BCUT2D eigenvalue weighted by Crippen LogP contribution is 2.34. The zero-order chi connectivity index (χ0) is 11.5. The first kappa shape index (κ1) is 12.0. The van der Waals surface area contributed by atoms with Crippen LogP contribution in [-0.2, 0) is 14.3 Å². The van der Waals surface area contributed by atoms with Crippen molar-refractivity contribution in [2.45, 2.75) is 39.7 Å². The van der Waals surface area contributed by atoms with Crippen molar-refractivity contribution < 1.29 is 14.3 Å². The van der Waals surface area contributed by atoms with Gasteiger partial charge >= 0.3 is 5.97 Å². The molecular weight excluding hydrogens is 192 g/mol. The first-order chi connectivity index (χ1) is 6.99. The third kappa shape index (κ3) is 2.91. The van der Waals surface area contributed by atoms with Crippen molar-refractivity contribution >= 4 is 12.3 Å². The number of hydrogen-bond donors (Lipinski definition) is 0. The van der Waals surface area contributed by atoms with E-state index in [9.17, 15) is 9.59 Å². The minimum atomic E-state index is -0.201. The van der Waals surface area contributed by atoms with Crippen LogP contribution in [0.5, 0.6) is 0 Å². The average Bonchev–Trinajstić information content (AvgIpc) is 2.21. The van der Waals surface area contributed by atoms with Crippen molar-refractivity contribution in [3.63, 3.8) is 0 Å². The monoisotopic (exact) mass is 210 g/mol. The summed E-state index contributed by atoms with van der Waals surface area (Å²) in [5.41, 5.74) is -0.176. The number of hydrogen-bond acceptors (Lipinski definition) is 3. The standard InChI is InChI=1S/C12H18O3/c1-4-11(14)15-10-7-9(8-13)5-6-12(10,2)3/h5-6,8-10H,4,7H2,1-3H3. The molecule has 3 heteroatoms. The molecule has 2 atom stereocenters. The fourth-order valence-electron chi connectivity index (χ4n) is 1.65. The van der Waals surface area contributed by atoms with E-state index in [1.807, 2.05) is 26.0 Å². The lowest BCUT2D eigenvalue weighted by Gasteiger charge is -2.35. The summed E-state index contributed by atoms with van der Waals surface area (Å²) in [6, 6.07) is 0. The molecule has 0 spiro atoms. The summed E-state index contributed by atoms with van der Waals surface area (Å²) in [4.78, 5) is 21.9. The highest BCUT2D eigenvalue weighted by Gasteiger charge is 2.35. The van der Waals surface area contributed by atoms with Gasteiger partial charge in [0, 0.05) is 17.8 Å². The molecule has 3 nitrogen and oxygen atoms in total. The van der Waals surface area contributed by atoms with E-state index in [2.05, 4.69) is 0 Å². The zero-order valence-electron chi connectivity index (χ0n) is 9.53. The Hall–Kier alpha value is -1.12. The maximum absolute atomic E-state index is 11.2. The number of esters is 1. The van der Waals surface area contributed by atoms with Crippen LogP contribution >= 0.6 is 0 Å². The van der Waals surface area contributed by atoms with Crippen LogP contribution in [-0.4, -0.2) is 18.4 Å². The van der Waals surface area contributed by atoms with Gasteiger partial charge in [0.25, 0.3) is 0 Å². The van der Waals surface area contributed by atoms with Gasteiger partial charge in [-0.05, 0) is 6.42 Å². The molecule has 0 aromatic rings. The molecule has 0 radical (unpaired) electrons. The summed E-state index contributed by atoms with van der Waals surface area (Å²) in [7, 11) is 0. The van der Waals surface area contributed by atoms with E-state index >= 15 is 0 Å². The number of ether oxygens (including phenoxy) is 1. The zero-order valence-corrected chi connectivity index (χ0v) is 9.53. The summed E-state index contributed by atoms with van der Waals surface area (Å²) in [5, 5.41) is 0. The van der Waals surface area contributed by atoms with Crippen molar-refractivity contribution in [2.75, 3.05) is 0 Å². The molecule has 0 saturated heterocycles. The predicted octanol–water partition coefficient (Wildman–Crippen LogP) is 2.11. The smallest absolute Gasteiger partial charge is 0.305 e. The molecule has 1 aliphatic rings. The molecule has 0 aromatic carbocycles. The fourth-order valence-corrected chi connectivity index (χ4v) is 1.65. The van der Waals surface area contributed by atoms with Crippen molar-refractivity contribution in [3.8, 4) is 0 Å². The van der Waals surface area contributed by atoms with E-state index in [4.69, 9.17) is 4.74 Å². The number of aldehydes is 1. The third-order valence-corrected chi connectivity index (χ3v) is 2.83. The van der Waals surface area contributed by atoms with Crippen LogP contribution in [0.3, 0.4) is 0 Å². The van der Waals surface area contributed by atoms with E-state index in [1.54, 1.807) is 6.92 Å². The molecule has 0 bridgehead atoms. The SMILES string of the molecule is CCC(=O)OC1CC(C=O)C=CC1(C)C. The second-order valence-electron chi connectivity index (χ2n) is 4.55.